The summed E-state index contributed by atoms with van der Waals surface area (Å²) in [4.78, 5) is 11.2. The highest BCUT2D eigenvalue weighted by molar-refractivity contribution is 5.89. The molecule has 5 heteroatoms. The molecule has 0 bridgehead atoms. The lowest BCUT2D eigenvalue weighted by atomic mass is 10.2. The molecular formula is C8H10N2O3. The molecule has 1 aliphatic heterocycles. The van der Waals surface area contributed by atoms with E-state index in [9.17, 15) is 4.79 Å². The van der Waals surface area contributed by atoms with Crippen molar-refractivity contribution in [1.29, 1.82) is 0 Å². The quantitative estimate of drug-likeness (QED) is 0.584. The molecule has 1 aromatic rings. The summed E-state index contributed by atoms with van der Waals surface area (Å²) in [5.41, 5.74) is 2.19. The van der Waals surface area contributed by atoms with Gasteiger partial charge in [0.05, 0.1) is 26.0 Å². The summed E-state index contributed by atoms with van der Waals surface area (Å²) >= 11 is 0. The van der Waals surface area contributed by atoms with Gasteiger partial charge in [-0.15, -0.1) is 0 Å². The van der Waals surface area contributed by atoms with Crippen LogP contribution in [0, 0.1) is 0 Å². The van der Waals surface area contributed by atoms with E-state index < -0.39 is 5.97 Å². The van der Waals surface area contributed by atoms with Crippen molar-refractivity contribution in [3.8, 4) is 0 Å². The van der Waals surface area contributed by atoms with Crippen LogP contribution in [0.25, 0.3) is 0 Å². The molecular weight excluding hydrogens is 172 g/mol. The van der Waals surface area contributed by atoms with E-state index >= 15 is 0 Å². The van der Waals surface area contributed by atoms with E-state index in [2.05, 4.69) is 9.84 Å². The first kappa shape index (κ1) is 8.25. The van der Waals surface area contributed by atoms with E-state index in [1.165, 1.54) is 7.11 Å². The van der Waals surface area contributed by atoms with Crippen molar-refractivity contribution in [3.63, 3.8) is 0 Å². The molecule has 70 valence electrons. The summed E-state index contributed by atoms with van der Waals surface area (Å²) in [7, 11) is 3.14. The van der Waals surface area contributed by atoms with Gasteiger partial charge in [0.2, 0.25) is 0 Å². The molecule has 0 aliphatic carbocycles. The average Bonchev–Trinajstić information content (AvgIpc) is 2.68. The van der Waals surface area contributed by atoms with E-state index in [0.29, 0.717) is 18.9 Å². The summed E-state index contributed by atoms with van der Waals surface area (Å²) in [5, 5.41) is 4.07. The monoisotopic (exact) mass is 182 g/mol. The fourth-order valence-electron chi connectivity index (χ4n) is 1.45. The van der Waals surface area contributed by atoms with Crippen LogP contribution in [0.4, 0.5) is 0 Å². The third-order valence-corrected chi connectivity index (χ3v) is 2.14. The summed E-state index contributed by atoms with van der Waals surface area (Å²) in [6.45, 7) is 0.976. The van der Waals surface area contributed by atoms with E-state index in [0.717, 1.165) is 11.3 Å². The number of esters is 1. The van der Waals surface area contributed by atoms with Gasteiger partial charge in [0, 0.05) is 12.6 Å². The summed E-state index contributed by atoms with van der Waals surface area (Å²) in [5.74, 6) is -0.401. The maximum absolute atomic E-state index is 11.2. The first-order valence-corrected chi connectivity index (χ1v) is 3.95. The van der Waals surface area contributed by atoms with Crippen LogP contribution >= 0.6 is 0 Å². The second-order valence-corrected chi connectivity index (χ2v) is 2.88. The Morgan fingerprint density at radius 2 is 2.38 bits per heavy atom. The Kier molecular flexibility index (Phi) is 1.81. The van der Waals surface area contributed by atoms with E-state index in [4.69, 9.17) is 4.74 Å². The van der Waals surface area contributed by atoms with Crippen molar-refractivity contribution in [1.82, 2.24) is 9.78 Å². The molecule has 0 fully saturated rings. The first-order valence-electron chi connectivity index (χ1n) is 3.95. The molecule has 0 aromatic carbocycles. The van der Waals surface area contributed by atoms with Crippen molar-refractivity contribution < 1.29 is 14.3 Å². The number of fused-ring (bicyclic) bond motifs is 1. The largest absolute Gasteiger partial charge is 0.464 e. The zero-order chi connectivity index (χ0) is 9.42. The van der Waals surface area contributed by atoms with Crippen LogP contribution in [0.5, 0.6) is 0 Å². The minimum Gasteiger partial charge on any atom is -0.464 e. The number of carbonyl (C=O) groups excluding carboxylic acids is 1. The number of methoxy groups -OCH3 is 1. The number of ether oxygens (including phenoxy) is 2. The van der Waals surface area contributed by atoms with Crippen molar-refractivity contribution >= 4 is 5.97 Å². The van der Waals surface area contributed by atoms with Gasteiger partial charge in [-0.05, 0) is 0 Å². The molecule has 1 aromatic heterocycles. The minimum absolute atomic E-state index is 0.373. The third kappa shape index (κ3) is 1.12. The zero-order valence-corrected chi connectivity index (χ0v) is 7.53. The highest BCUT2D eigenvalue weighted by Crippen LogP contribution is 2.22. The molecule has 0 atom stereocenters. The lowest BCUT2D eigenvalue weighted by molar-refractivity contribution is 0.0586. The molecule has 0 saturated heterocycles. The summed E-state index contributed by atoms with van der Waals surface area (Å²) in [6, 6.07) is 0. The molecule has 0 spiro atoms. The minimum atomic E-state index is -0.401. The molecule has 0 N–H and O–H groups in total. The zero-order valence-electron chi connectivity index (χ0n) is 7.53. The van der Waals surface area contributed by atoms with Crippen molar-refractivity contribution in [2.45, 2.75) is 13.2 Å². The fourth-order valence-corrected chi connectivity index (χ4v) is 1.45. The number of rotatable bonds is 1. The Morgan fingerprint density at radius 1 is 1.62 bits per heavy atom. The van der Waals surface area contributed by atoms with Gasteiger partial charge < -0.3 is 9.47 Å². The smallest absolute Gasteiger partial charge is 0.358 e. The average molecular weight is 182 g/mol. The van der Waals surface area contributed by atoms with E-state index in [1.54, 1.807) is 11.7 Å². The Balaban J connectivity index is 2.48. The number of carbonyl (C=O) groups is 1. The van der Waals surface area contributed by atoms with Gasteiger partial charge >= 0.3 is 5.97 Å². The van der Waals surface area contributed by atoms with E-state index in [-0.39, 0.29) is 0 Å². The SMILES string of the molecule is COC(=O)c1nn(C)c2c1COC2. The van der Waals surface area contributed by atoms with Gasteiger partial charge in [-0.1, -0.05) is 0 Å². The Labute approximate surface area is 75.2 Å². The number of aromatic nitrogens is 2. The molecule has 5 nitrogen and oxygen atoms in total. The maximum atomic E-state index is 11.2. The highest BCUT2D eigenvalue weighted by Gasteiger charge is 2.25. The van der Waals surface area contributed by atoms with Gasteiger partial charge in [-0.25, -0.2) is 4.79 Å². The summed E-state index contributed by atoms with van der Waals surface area (Å²) < 4.78 is 11.5. The molecule has 0 saturated carbocycles. The normalized spacial score (nSPS) is 14.3. The Bertz CT molecular complexity index is 357. The number of aryl methyl sites for hydroxylation is 1. The fraction of sp³-hybridized carbons (Fsp3) is 0.500. The van der Waals surface area contributed by atoms with Crippen molar-refractivity contribution in [2.24, 2.45) is 7.05 Å². The molecule has 0 amide bonds. The lowest BCUT2D eigenvalue weighted by Gasteiger charge is -1.96. The van der Waals surface area contributed by atoms with Crippen LogP contribution in [0.15, 0.2) is 0 Å². The molecule has 2 rings (SSSR count). The van der Waals surface area contributed by atoms with Crippen molar-refractivity contribution in [3.05, 3.63) is 17.0 Å². The molecule has 2 heterocycles. The second-order valence-electron chi connectivity index (χ2n) is 2.88. The second kappa shape index (κ2) is 2.85. The standard InChI is InChI=1S/C8H10N2O3/c1-10-6-4-13-3-5(6)7(9-10)8(11)12-2/h3-4H2,1-2H3. The Hall–Kier alpha value is -1.36. The van der Waals surface area contributed by atoms with Gasteiger partial charge in [-0.2, -0.15) is 5.10 Å². The predicted molar refractivity (Wildman–Crippen MR) is 43.0 cm³/mol. The predicted octanol–water partition coefficient (Wildman–Crippen LogP) is 0.237. The number of nitrogens with zero attached hydrogens (tertiary/aromatic N) is 2. The third-order valence-electron chi connectivity index (χ3n) is 2.14. The van der Waals surface area contributed by atoms with Crippen LogP contribution < -0.4 is 0 Å². The lowest BCUT2D eigenvalue weighted by Crippen LogP contribution is -2.06. The van der Waals surface area contributed by atoms with Gasteiger partial charge in [0.15, 0.2) is 5.69 Å². The first-order chi connectivity index (χ1) is 6.24. The molecule has 1 aliphatic rings. The van der Waals surface area contributed by atoms with E-state index in [1.807, 2.05) is 0 Å². The molecule has 0 radical (unpaired) electrons. The van der Waals surface area contributed by atoms with Crippen LogP contribution in [0.2, 0.25) is 0 Å². The van der Waals surface area contributed by atoms with Crippen LogP contribution in [0.3, 0.4) is 0 Å². The number of hydrogen-bond donors (Lipinski definition) is 0. The van der Waals surface area contributed by atoms with Crippen LogP contribution in [0.1, 0.15) is 21.7 Å². The molecule has 13 heavy (non-hydrogen) atoms. The van der Waals surface area contributed by atoms with Gasteiger partial charge in [0.1, 0.15) is 0 Å². The maximum Gasteiger partial charge on any atom is 0.358 e. The van der Waals surface area contributed by atoms with Crippen molar-refractivity contribution in [2.75, 3.05) is 7.11 Å². The highest BCUT2D eigenvalue weighted by atomic mass is 16.5. The Morgan fingerprint density at radius 3 is 3.08 bits per heavy atom. The number of hydrogen-bond acceptors (Lipinski definition) is 4. The molecule has 0 unspecified atom stereocenters. The van der Waals surface area contributed by atoms with Crippen LogP contribution in [-0.2, 0) is 29.7 Å². The van der Waals surface area contributed by atoms with Crippen LogP contribution in [-0.4, -0.2) is 22.9 Å². The summed E-state index contributed by atoms with van der Waals surface area (Å²) in [6.07, 6.45) is 0. The van der Waals surface area contributed by atoms with Gasteiger partial charge in [-0.3, -0.25) is 4.68 Å². The topological polar surface area (TPSA) is 53.3 Å². The van der Waals surface area contributed by atoms with Gasteiger partial charge in [0.25, 0.3) is 0 Å².